The standard InChI is InChI=1S/C29H58NO3P/c1-5-9-17-26(7-3)23-30(24-27(8-4)18-10-6-2)25-34(31,32-28-19-13-11-14-20-28)33-29-21-15-12-16-22-29/h26-29H,5-25H2,1-4H3. The first kappa shape index (κ1) is 30.3. The van der Waals surface area contributed by atoms with Gasteiger partial charge in [0.2, 0.25) is 0 Å². The molecule has 34 heavy (non-hydrogen) atoms. The maximum atomic E-state index is 14.4. The first-order valence-corrected chi connectivity index (χ1v) is 16.9. The Balaban J connectivity index is 2.17. The van der Waals surface area contributed by atoms with Crippen molar-refractivity contribution in [3.63, 3.8) is 0 Å². The predicted molar refractivity (Wildman–Crippen MR) is 147 cm³/mol. The van der Waals surface area contributed by atoms with Gasteiger partial charge in [-0.25, -0.2) is 0 Å². The molecule has 202 valence electrons. The van der Waals surface area contributed by atoms with E-state index in [0.29, 0.717) is 18.1 Å². The highest BCUT2D eigenvalue weighted by Gasteiger charge is 2.36. The van der Waals surface area contributed by atoms with Crippen LogP contribution >= 0.6 is 7.60 Å². The molecular formula is C29H58NO3P. The molecule has 0 aromatic rings. The van der Waals surface area contributed by atoms with E-state index in [1.54, 1.807) is 0 Å². The number of hydrogen-bond donors (Lipinski definition) is 0. The Kier molecular flexibility index (Phi) is 15.7. The minimum Gasteiger partial charge on any atom is -0.304 e. The van der Waals surface area contributed by atoms with Crippen molar-refractivity contribution in [1.82, 2.24) is 4.90 Å². The van der Waals surface area contributed by atoms with Crippen molar-refractivity contribution in [1.29, 1.82) is 0 Å². The van der Waals surface area contributed by atoms with Gasteiger partial charge < -0.3 is 9.05 Å². The Bertz CT molecular complexity index is 503. The second kappa shape index (κ2) is 17.5. The highest BCUT2D eigenvalue weighted by molar-refractivity contribution is 7.53. The van der Waals surface area contributed by atoms with Gasteiger partial charge in [0.1, 0.15) is 6.29 Å². The van der Waals surface area contributed by atoms with Crippen LogP contribution in [-0.2, 0) is 13.6 Å². The van der Waals surface area contributed by atoms with Gasteiger partial charge in [-0.15, -0.1) is 0 Å². The molecule has 2 rings (SSSR count). The van der Waals surface area contributed by atoms with Crippen LogP contribution in [0, 0.1) is 11.8 Å². The molecule has 0 saturated heterocycles. The second-order valence-electron chi connectivity index (χ2n) is 11.4. The van der Waals surface area contributed by atoms with Crippen molar-refractivity contribution in [2.45, 2.75) is 155 Å². The van der Waals surface area contributed by atoms with Crippen LogP contribution in [0.3, 0.4) is 0 Å². The van der Waals surface area contributed by atoms with Crippen molar-refractivity contribution >= 4 is 7.60 Å². The summed E-state index contributed by atoms with van der Waals surface area (Å²) in [5.41, 5.74) is 0. The summed E-state index contributed by atoms with van der Waals surface area (Å²) in [7, 11) is -3.17. The Morgan fingerprint density at radius 3 is 1.47 bits per heavy atom. The average molecular weight is 500 g/mol. The molecule has 0 aliphatic heterocycles. The number of hydrogen-bond acceptors (Lipinski definition) is 4. The van der Waals surface area contributed by atoms with E-state index in [1.807, 2.05) is 0 Å². The number of rotatable bonds is 18. The molecule has 5 heteroatoms. The quantitative estimate of drug-likeness (QED) is 0.176. The molecule has 0 N–H and O–H groups in total. The monoisotopic (exact) mass is 499 g/mol. The fourth-order valence-corrected chi connectivity index (χ4v) is 8.12. The summed E-state index contributed by atoms with van der Waals surface area (Å²) in [6.45, 7) is 11.3. The van der Waals surface area contributed by atoms with E-state index in [2.05, 4.69) is 32.6 Å². The van der Waals surface area contributed by atoms with Gasteiger partial charge in [-0.3, -0.25) is 9.46 Å². The third-order valence-electron chi connectivity index (χ3n) is 8.22. The molecule has 0 radical (unpaired) electrons. The Morgan fingerprint density at radius 1 is 0.706 bits per heavy atom. The normalized spacial score (nSPS) is 20.6. The zero-order valence-corrected chi connectivity index (χ0v) is 24.2. The van der Waals surface area contributed by atoms with Crippen molar-refractivity contribution in [2.24, 2.45) is 11.8 Å². The average Bonchev–Trinajstić information content (AvgIpc) is 2.85. The van der Waals surface area contributed by atoms with E-state index in [-0.39, 0.29) is 12.2 Å². The minimum absolute atomic E-state index is 0.120. The molecule has 0 bridgehead atoms. The molecule has 2 aliphatic carbocycles. The fourth-order valence-electron chi connectivity index (χ4n) is 5.89. The van der Waals surface area contributed by atoms with Gasteiger partial charge in [0.15, 0.2) is 0 Å². The summed E-state index contributed by atoms with van der Waals surface area (Å²) in [5.74, 6) is 1.34. The number of nitrogens with zero attached hydrogens (tertiary/aromatic N) is 1. The van der Waals surface area contributed by atoms with Crippen molar-refractivity contribution in [2.75, 3.05) is 19.4 Å². The summed E-state index contributed by atoms with van der Waals surface area (Å²) in [5, 5.41) is 0. The maximum Gasteiger partial charge on any atom is 0.345 e. The van der Waals surface area contributed by atoms with Gasteiger partial charge in [-0.2, -0.15) is 0 Å². The first-order valence-electron chi connectivity index (χ1n) is 15.2. The molecule has 0 spiro atoms. The fraction of sp³-hybridized carbons (Fsp3) is 1.00. The Labute approximate surface area is 212 Å². The third kappa shape index (κ3) is 11.9. The number of unbranched alkanes of at least 4 members (excludes halogenated alkanes) is 2. The smallest absolute Gasteiger partial charge is 0.304 e. The molecule has 0 aromatic carbocycles. The van der Waals surface area contributed by atoms with Gasteiger partial charge >= 0.3 is 7.60 Å². The maximum absolute atomic E-state index is 14.4. The topological polar surface area (TPSA) is 38.8 Å². The van der Waals surface area contributed by atoms with Crippen LogP contribution in [0.5, 0.6) is 0 Å². The lowest BCUT2D eigenvalue weighted by atomic mass is 9.96. The predicted octanol–water partition coefficient (Wildman–Crippen LogP) is 9.57. The summed E-state index contributed by atoms with van der Waals surface area (Å²) in [6.07, 6.45) is 22.2. The van der Waals surface area contributed by atoms with Crippen LogP contribution in [0.1, 0.15) is 143 Å². The lowest BCUT2D eigenvalue weighted by molar-refractivity contribution is 0.0692. The van der Waals surface area contributed by atoms with Gasteiger partial charge in [0, 0.05) is 13.1 Å². The van der Waals surface area contributed by atoms with E-state index < -0.39 is 7.60 Å². The zero-order chi connectivity index (χ0) is 24.7. The van der Waals surface area contributed by atoms with E-state index in [0.717, 1.165) is 38.8 Å². The molecule has 2 fully saturated rings. The largest absolute Gasteiger partial charge is 0.345 e. The van der Waals surface area contributed by atoms with Crippen molar-refractivity contribution < 1.29 is 13.6 Å². The van der Waals surface area contributed by atoms with E-state index in [9.17, 15) is 4.57 Å². The highest BCUT2D eigenvalue weighted by atomic mass is 31.2. The van der Waals surface area contributed by atoms with Gasteiger partial charge in [0.05, 0.1) is 12.2 Å². The van der Waals surface area contributed by atoms with Crippen LogP contribution in [-0.4, -0.2) is 36.5 Å². The summed E-state index contributed by atoms with van der Waals surface area (Å²) in [6, 6.07) is 0. The molecule has 0 amide bonds. The molecule has 0 heterocycles. The van der Waals surface area contributed by atoms with E-state index in [1.165, 1.54) is 89.9 Å². The Morgan fingerprint density at radius 2 is 1.12 bits per heavy atom. The van der Waals surface area contributed by atoms with Crippen molar-refractivity contribution in [3.8, 4) is 0 Å². The summed E-state index contributed by atoms with van der Waals surface area (Å²) >= 11 is 0. The minimum atomic E-state index is -3.17. The van der Waals surface area contributed by atoms with Crippen LogP contribution in [0.4, 0.5) is 0 Å². The van der Waals surface area contributed by atoms with Gasteiger partial charge in [-0.1, -0.05) is 105 Å². The van der Waals surface area contributed by atoms with Crippen LogP contribution < -0.4 is 0 Å². The van der Waals surface area contributed by atoms with Gasteiger partial charge in [-0.05, 0) is 50.4 Å². The molecule has 2 unspecified atom stereocenters. The molecule has 0 aromatic heterocycles. The molecular weight excluding hydrogens is 441 g/mol. The molecule has 2 atom stereocenters. The zero-order valence-electron chi connectivity index (χ0n) is 23.3. The summed E-state index contributed by atoms with van der Waals surface area (Å²) < 4.78 is 27.4. The molecule has 2 aliphatic rings. The lowest BCUT2D eigenvalue weighted by Crippen LogP contribution is -2.36. The highest BCUT2D eigenvalue weighted by Crippen LogP contribution is 2.54. The van der Waals surface area contributed by atoms with Crippen LogP contribution in [0.2, 0.25) is 0 Å². The second-order valence-corrected chi connectivity index (χ2v) is 13.3. The SMILES string of the molecule is CCCCC(CC)CN(CC(CC)CCCC)CP(=O)(OC1CCCCC1)OC1CCCCC1. The molecule has 4 nitrogen and oxygen atoms in total. The first-order chi connectivity index (χ1) is 16.5. The summed E-state index contributed by atoms with van der Waals surface area (Å²) in [4.78, 5) is 2.51. The van der Waals surface area contributed by atoms with E-state index in [4.69, 9.17) is 9.05 Å². The van der Waals surface area contributed by atoms with Gasteiger partial charge in [0.25, 0.3) is 0 Å². The third-order valence-corrected chi connectivity index (χ3v) is 10.2. The Hall–Kier alpha value is 0.110. The lowest BCUT2D eigenvalue weighted by Gasteiger charge is -2.36. The van der Waals surface area contributed by atoms with Crippen LogP contribution in [0.25, 0.3) is 0 Å². The molecule has 2 saturated carbocycles. The van der Waals surface area contributed by atoms with Crippen LogP contribution in [0.15, 0.2) is 0 Å². The van der Waals surface area contributed by atoms with Crippen molar-refractivity contribution in [3.05, 3.63) is 0 Å². The van der Waals surface area contributed by atoms with E-state index >= 15 is 0 Å².